The largest absolute Gasteiger partial charge is 0.322 e. The van der Waals surface area contributed by atoms with Gasteiger partial charge in [0.1, 0.15) is 0 Å². The number of hydrogen-bond acceptors (Lipinski definition) is 5. The zero-order chi connectivity index (χ0) is 22.5. The van der Waals surface area contributed by atoms with E-state index in [4.69, 9.17) is 0 Å². The Kier molecular flexibility index (Phi) is 6.42. The summed E-state index contributed by atoms with van der Waals surface area (Å²) < 4.78 is 1.83. The molecule has 0 aliphatic carbocycles. The van der Waals surface area contributed by atoms with E-state index in [2.05, 4.69) is 20.7 Å². The number of aromatic nitrogens is 3. The Morgan fingerprint density at radius 2 is 1.75 bits per heavy atom. The number of carbonyl (C=O) groups excluding carboxylic acids is 2. The molecule has 0 aliphatic heterocycles. The third kappa shape index (κ3) is 5.28. The van der Waals surface area contributed by atoms with Crippen molar-refractivity contribution >= 4 is 34.0 Å². The Morgan fingerprint density at radius 1 is 1.00 bits per heavy atom. The Labute approximate surface area is 190 Å². The molecule has 4 rings (SSSR count). The Hall–Kier alpha value is -3.78. The van der Waals surface area contributed by atoms with Crippen LogP contribution in [0.15, 0.2) is 66.0 Å². The summed E-state index contributed by atoms with van der Waals surface area (Å²) >= 11 is 1.38. The lowest BCUT2D eigenvalue weighted by atomic mass is 10.1. The topological polar surface area (TPSA) is 88.9 Å². The molecular formula is C24H23N5O2S. The summed E-state index contributed by atoms with van der Waals surface area (Å²) in [5.41, 5.74) is 4.96. The third-order valence-electron chi connectivity index (χ3n) is 4.88. The number of thiazole rings is 1. The molecule has 2 N–H and O–H groups in total. The lowest BCUT2D eigenvalue weighted by Gasteiger charge is -2.06. The fourth-order valence-electron chi connectivity index (χ4n) is 3.27. The van der Waals surface area contributed by atoms with Gasteiger partial charge in [-0.3, -0.25) is 14.3 Å². The van der Waals surface area contributed by atoms with Crippen LogP contribution in [0.25, 0.3) is 11.3 Å². The molecule has 0 aliphatic rings. The maximum Gasteiger partial charge on any atom is 0.255 e. The first-order valence-electron chi connectivity index (χ1n) is 10.2. The van der Waals surface area contributed by atoms with E-state index in [1.54, 1.807) is 12.1 Å². The minimum absolute atomic E-state index is 0.0996. The fourth-order valence-corrected chi connectivity index (χ4v) is 4.01. The number of nitrogens with zero attached hydrogens (tertiary/aromatic N) is 3. The second kappa shape index (κ2) is 9.57. The van der Waals surface area contributed by atoms with E-state index in [-0.39, 0.29) is 11.8 Å². The Balaban J connectivity index is 1.33. The van der Waals surface area contributed by atoms with Crippen LogP contribution in [0, 0.1) is 13.8 Å². The van der Waals surface area contributed by atoms with Crippen molar-refractivity contribution in [2.45, 2.75) is 26.8 Å². The zero-order valence-electron chi connectivity index (χ0n) is 17.8. The SMILES string of the molecule is Cc1cc(C)n(CCC(=O)Nc2nc(-c3ccc(NC(=O)c4ccccc4)cc3)cs2)n1. The predicted octanol–water partition coefficient (Wildman–Crippen LogP) is 4.90. The lowest BCUT2D eigenvalue weighted by molar-refractivity contribution is -0.116. The summed E-state index contributed by atoms with van der Waals surface area (Å²) in [4.78, 5) is 29.1. The molecule has 8 heteroatoms. The molecule has 0 saturated carbocycles. The van der Waals surface area contributed by atoms with Gasteiger partial charge in [-0.15, -0.1) is 11.3 Å². The van der Waals surface area contributed by atoms with Gasteiger partial charge in [0.25, 0.3) is 5.91 Å². The van der Waals surface area contributed by atoms with E-state index in [0.717, 1.165) is 22.6 Å². The fraction of sp³-hybridized carbons (Fsp3) is 0.167. The average molecular weight is 446 g/mol. The summed E-state index contributed by atoms with van der Waals surface area (Å²) in [6, 6.07) is 18.5. The van der Waals surface area contributed by atoms with E-state index in [0.29, 0.717) is 29.3 Å². The van der Waals surface area contributed by atoms with Gasteiger partial charge in [-0.05, 0) is 44.2 Å². The molecule has 2 aromatic carbocycles. The van der Waals surface area contributed by atoms with Crippen LogP contribution < -0.4 is 10.6 Å². The van der Waals surface area contributed by atoms with E-state index in [9.17, 15) is 9.59 Å². The molecule has 0 atom stereocenters. The molecule has 0 bridgehead atoms. The molecule has 0 fully saturated rings. The Bertz CT molecular complexity index is 1230. The van der Waals surface area contributed by atoms with Crippen LogP contribution in [0.3, 0.4) is 0 Å². The first-order chi connectivity index (χ1) is 15.5. The summed E-state index contributed by atoms with van der Waals surface area (Å²) in [6.45, 7) is 4.44. The molecule has 4 aromatic rings. The quantitative estimate of drug-likeness (QED) is 0.423. The van der Waals surface area contributed by atoms with Gasteiger partial charge in [0.05, 0.1) is 11.4 Å². The predicted molar refractivity (Wildman–Crippen MR) is 127 cm³/mol. The molecule has 162 valence electrons. The highest BCUT2D eigenvalue weighted by atomic mass is 32.1. The average Bonchev–Trinajstić information content (AvgIpc) is 3.38. The normalized spacial score (nSPS) is 10.7. The van der Waals surface area contributed by atoms with Gasteiger partial charge in [0.2, 0.25) is 5.91 Å². The molecule has 7 nitrogen and oxygen atoms in total. The number of aryl methyl sites for hydroxylation is 3. The van der Waals surface area contributed by atoms with E-state index in [1.807, 2.05) is 72.4 Å². The van der Waals surface area contributed by atoms with Gasteiger partial charge >= 0.3 is 0 Å². The summed E-state index contributed by atoms with van der Waals surface area (Å²) in [5.74, 6) is -0.255. The minimum Gasteiger partial charge on any atom is -0.322 e. The van der Waals surface area contributed by atoms with Crippen molar-refractivity contribution < 1.29 is 9.59 Å². The molecule has 0 spiro atoms. The van der Waals surface area contributed by atoms with Crippen molar-refractivity contribution in [3.05, 3.63) is 83.0 Å². The first-order valence-corrected chi connectivity index (χ1v) is 11.1. The van der Waals surface area contributed by atoms with Gasteiger partial charge in [-0.2, -0.15) is 5.10 Å². The molecule has 2 amide bonds. The number of amides is 2. The molecule has 32 heavy (non-hydrogen) atoms. The number of benzene rings is 2. The van der Waals surface area contributed by atoms with Crippen LogP contribution in [0.4, 0.5) is 10.8 Å². The molecule has 0 radical (unpaired) electrons. The standard InChI is InChI=1S/C24H23N5O2S/c1-16-14-17(2)29(28-16)13-12-22(30)27-24-26-21(15-32-24)18-8-10-20(11-9-18)25-23(31)19-6-4-3-5-7-19/h3-11,14-15H,12-13H2,1-2H3,(H,25,31)(H,26,27,30). The van der Waals surface area contributed by atoms with Gasteiger partial charge in [0, 0.05) is 40.9 Å². The van der Waals surface area contributed by atoms with Crippen LogP contribution in [0.2, 0.25) is 0 Å². The lowest BCUT2D eigenvalue weighted by Crippen LogP contribution is -2.15. The van der Waals surface area contributed by atoms with Crippen LogP contribution in [0.5, 0.6) is 0 Å². The van der Waals surface area contributed by atoms with E-state index < -0.39 is 0 Å². The number of hydrogen-bond donors (Lipinski definition) is 2. The van der Waals surface area contributed by atoms with E-state index >= 15 is 0 Å². The maximum atomic E-state index is 12.3. The summed E-state index contributed by atoms with van der Waals surface area (Å²) in [6.07, 6.45) is 0.326. The van der Waals surface area contributed by atoms with Crippen molar-refractivity contribution in [3.63, 3.8) is 0 Å². The molecule has 0 unspecified atom stereocenters. The molecular weight excluding hydrogens is 422 g/mol. The zero-order valence-corrected chi connectivity index (χ0v) is 18.6. The molecule has 2 aromatic heterocycles. The van der Waals surface area contributed by atoms with Crippen molar-refractivity contribution in [2.75, 3.05) is 10.6 Å². The highest BCUT2D eigenvalue weighted by Crippen LogP contribution is 2.26. The van der Waals surface area contributed by atoms with Crippen molar-refractivity contribution in [2.24, 2.45) is 0 Å². The van der Waals surface area contributed by atoms with Crippen molar-refractivity contribution in [3.8, 4) is 11.3 Å². The van der Waals surface area contributed by atoms with Crippen LogP contribution in [0.1, 0.15) is 28.2 Å². The van der Waals surface area contributed by atoms with Crippen LogP contribution in [-0.4, -0.2) is 26.6 Å². The second-order valence-corrected chi connectivity index (χ2v) is 8.24. The van der Waals surface area contributed by atoms with Crippen molar-refractivity contribution in [1.82, 2.24) is 14.8 Å². The highest BCUT2D eigenvalue weighted by molar-refractivity contribution is 7.14. The van der Waals surface area contributed by atoms with Crippen LogP contribution >= 0.6 is 11.3 Å². The number of rotatable bonds is 7. The monoisotopic (exact) mass is 445 g/mol. The smallest absolute Gasteiger partial charge is 0.255 e. The molecule has 2 heterocycles. The van der Waals surface area contributed by atoms with Crippen LogP contribution in [-0.2, 0) is 11.3 Å². The first kappa shape index (κ1) is 21.5. The Morgan fingerprint density at radius 3 is 2.44 bits per heavy atom. The molecule has 0 saturated heterocycles. The van der Waals surface area contributed by atoms with E-state index in [1.165, 1.54) is 11.3 Å². The van der Waals surface area contributed by atoms with Gasteiger partial charge in [0.15, 0.2) is 5.13 Å². The second-order valence-electron chi connectivity index (χ2n) is 7.38. The van der Waals surface area contributed by atoms with Crippen molar-refractivity contribution in [1.29, 1.82) is 0 Å². The minimum atomic E-state index is -0.155. The van der Waals surface area contributed by atoms with Gasteiger partial charge < -0.3 is 10.6 Å². The number of anilines is 2. The summed E-state index contributed by atoms with van der Waals surface area (Å²) in [7, 11) is 0. The highest BCUT2D eigenvalue weighted by Gasteiger charge is 2.10. The maximum absolute atomic E-state index is 12.3. The van der Waals surface area contributed by atoms with Gasteiger partial charge in [-0.1, -0.05) is 30.3 Å². The van der Waals surface area contributed by atoms with Gasteiger partial charge in [-0.25, -0.2) is 4.98 Å². The summed E-state index contributed by atoms with van der Waals surface area (Å²) in [5, 5.41) is 12.6. The third-order valence-corrected chi connectivity index (χ3v) is 5.64. The number of carbonyl (C=O) groups is 2. The number of nitrogens with one attached hydrogen (secondary N) is 2.